The standard InChI is InChI=1S/C11H24N2O2/c1-12-11-7-10(3-2-5-14)8-13(9-11)4-6-15/h10-12,14-15H,2-9H2,1H3. The second-order valence-corrected chi connectivity index (χ2v) is 4.44. The highest BCUT2D eigenvalue weighted by Gasteiger charge is 2.25. The van der Waals surface area contributed by atoms with E-state index in [4.69, 9.17) is 10.2 Å². The number of likely N-dealkylation sites (N-methyl/N-ethyl adjacent to an activating group) is 1. The van der Waals surface area contributed by atoms with E-state index < -0.39 is 0 Å². The second kappa shape index (κ2) is 7.17. The first-order chi connectivity index (χ1) is 7.30. The predicted molar refractivity (Wildman–Crippen MR) is 60.8 cm³/mol. The molecule has 15 heavy (non-hydrogen) atoms. The van der Waals surface area contributed by atoms with Crippen LogP contribution in [0.2, 0.25) is 0 Å². The van der Waals surface area contributed by atoms with Crippen LogP contribution in [0.15, 0.2) is 0 Å². The smallest absolute Gasteiger partial charge is 0.0558 e. The van der Waals surface area contributed by atoms with Crippen LogP contribution in [0.4, 0.5) is 0 Å². The molecule has 0 radical (unpaired) electrons. The van der Waals surface area contributed by atoms with E-state index in [1.165, 1.54) is 6.42 Å². The van der Waals surface area contributed by atoms with Gasteiger partial charge in [0.1, 0.15) is 0 Å². The van der Waals surface area contributed by atoms with Crippen LogP contribution in [0.3, 0.4) is 0 Å². The molecule has 1 fully saturated rings. The van der Waals surface area contributed by atoms with Crippen LogP contribution in [-0.4, -0.2) is 61.1 Å². The van der Waals surface area contributed by atoms with Gasteiger partial charge in [-0.15, -0.1) is 0 Å². The lowest BCUT2D eigenvalue weighted by Gasteiger charge is -2.37. The van der Waals surface area contributed by atoms with Gasteiger partial charge in [-0.3, -0.25) is 4.90 Å². The maximum absolute atomic E-state index is 8.94. The fourth-order valence-corrected chi connectivity index (χ4v) is 2.43. The van der Waals surface area contributed by atoms with Crippen LogP contribution in [0.5, 0.6) is 0 Å². The second-order valence-electron chi connectivity index (χ2n) is 4.44. The van der Waals surface area contributed by atoms with E-state index in [0.29, 0.717) is 18.6 Å². The van der Waals surface area contributed by atoms with Crippen molar-refractivity contribution in [2.45, 2.75) is 25.3 Å². The van der Waals surface area contributed by atoms with Crippen molar-refractivity contribution in [3.8, 4) is 0 Å². The highest BCUT2D eigenvalue weighted by Crippen LogP contribution is 2.20. The first-order valence-electron chi connectivity index (χ1n) is 5.91. The van der Waals surface area contributed by atoms with Gasteiger partial charge < -0.3 is 15.5 Å². The van der Waals surface area contributed by atoms with Gasteiger partial charge in [-0.2, -0.15) is 0 Å². The van der Waals surface area contributed by atoms with E-state index in [9.17, 15) is 0 Å². The van der Waals surface area contributed by atoms with Crippen LogP contribution >= 0.6 is 0 Å². The minimum atomic E-state index is 0.239. The molecule has 3 N–H and O–H groups in total. The van der Waals surface area contributed by atoms with Gasteiger partial charge in [0.15, 0.2) is 0 Å². The fraction of sp³-hybridized carbons (Fsp3) is 1.00. The van der Waals surface area contributed by atoms with E-state index in [2.05, 4.69) is 10.2 Å². The zero-order valence-electron chi connectivity index (χ0n) is 9.65. The molecular formula is C11H24N2O2. The fourth-order valence-electron chi connectivity index (χ4n) is 2.43. The van der Waals surface area contributed by atoms with Crippen LogP contribution in [0, 0.1) is 5.92 Å². The third kappa shape index (κ3) is 4.47. The Hall–Kier alpha value is -0.160. The summed E-state index contributed by atoms with van der Waals surface area (Å²) in [4.78, 5) is 2.31. The molecule has 0 spiro atoms. The van der Waals surface area contributed by atoms with Crippen LogP contribution in [0.25, 0.3) is 0 Å². The molecule has 1 saturated heterocycles. The molecule has 90 valence electrons. The molecule has 1 heterocycles. The first kappa shape index (κ1) is 12.9. The number of β-amino-alcohol motifs (C(OH)–C–C–N with tert-alkyl or cyclic N) is 1. The summed E-state index contributed by atoms with van der Waals surface area (Å²) < 4.78 is 0. The zero-order valence-corrected chi connectivity index (χ0v) is 9.65. The van der Waals surface area contributed by atoms with Gasteiger partial charge in [0.25, 0.3) is 0 Å². The van der Waals surface area contributed by atoms with Crippen molar-refractivity contribution in [3.63, 3.8) is 0 Å². The van der Waals surface area contributed by atoms with Crippen molar-refractivity contribution in [1.82, 2.24) is 10.2 Å². The third-order valence-corrected chi connectivity index (χ3v) is 3.21. The summed E-state index contributed by atoms with van der Waals surface area (Å²) in [5.74, 6) is 0.662. The molecule has 0 saturated carbocycles. The molecule has 0 bridgehead atoms. The Balaban J connectivity index is 2.36. The molecule has 0 aromatic carbocycles. The van der Waals surface area contributed by atoms with Crippen LogP contribution in [0.1, 0.15) is 19.3 Å². The first-order valence-corrected chi connectivity index (χ1v) is 5.91. The summed E-state index contributed by atoms with van der Waals surface area (Å²) in [5.41, 5.74) is 0. The van der Waals surface area contributed by atoms with Crippen LogP contribution < -0.4 is 5.32 Å². The molecular weight excluding hydrogens is 192 g/mol. The average Bonchev–Trinajstić information content (AvgIpc) is 2.26. The Morgan fingerprint density at radius 3 is 2.67 bits per heavy atom. The van der Waals surface area contributed by atoms with Crippen molar-refractivity contribution in [1.29, 1.82) is 0 Å². The van der Waals surface area contributed by atoms with Crippen molar-refractivity contribution in [2.75, 3.05) is 39.9 Å². The molecule has 0 aromatic heterocycles. The minimum Gasteiger partial charge on any atom is -0.396 e. The number of nitrogens with zero attached hydrogens (tertiary/aromatic N) is 1. The van der Waals surface area contributed by atoms with E-state index in [1.54, 1.807) is 0 Å². The van der Waals surface area contributed by atoms with Gasteiger partial charge in [-0.05, 0) is 32.2 Å². The van der Waals surface area contributed by atoms with Crippen molar-refractivity contribution >= 4 is 0 Å². The van der Waals surface area contributed by atoms with E-state index in [0.717, 1.165) is 32.5 Å². The molecule has 0 aliphatic carbocycles. The summed E-state index contributed by atoms with van der Waals surface area (Å²) in [6.45, 7) is 3.41. The van der Waals surface area contributed by atoms with Gasteiger partial charge in [0.2, 0.25) is 0 Å². The highest BCUT2D eigenvalue weighted by atomic mass is 16.3. The summed E-state index contributed by atoms with van der Waals surface area (Å²) in [5, 5.41) is 21.1. The maximum Gasteiger partial charge on any atom is 0.0558 e. The number of aliphatic hydroxyl groups excluding tert-OH is 2. The summed E-state index contributed by atoms with van der Waals surface area (Å²) in [7, 11) is 2.00. The number of piperidine rings is 1. The monoisotopic (exact) mass is 216 g/mol. The maximum atomic E-state index is 8.94. The Kier molecular flexibility index (Phi) is 6.17. The number of aliphatic hydroxyl groups is 2. The van der Waals surface area contributed by atoms with E-state index in [-0.39, 0.29) is 6.61 Å². The minimum absolute atomic E-state index is 0.239. The van der Waals surface area contributed by atoms with Crippen molar-refractivity contribution in [3.05, 3.63) is 0 Å². The normalized spacial score (nSPS) is 28.2. The Morgan fingerprint density at radius 1 is 1.27 bits per heavy atom. The van der Waals surface area contributed by atoms with Gasteiger partial charge in [-0.25, -0.2) is 0 Å². The molecule has 1 aliphatic rings. The quantitative estimate of drug-likeness (QED) is 0.569. The Labute approximate surface area is 92.3 Å². The molecule has 0 amide bonds. The lowest BCUT2D eigenvalue weighted by molar-refractivity contribution is 0.111. The number of hydrogen-bond donors (Lipinski definition) is 3. The van der Waals surface area contributed by atoms with Crippen molar-refractivity contribution in [2.24, 2.45) is 5.92 Å². The lowest BCUT2D eigenvalue weighted by atomic mass is 9.90. The molecule has 0 aromatic rings. The third-order valence-electron chi connectivity index (χ3n) is 3.21. The SMILES string of the molecule is CNC1CC(CCCO)CN(CCO)C1. The van der Waals surface area contributed by atoms with Crippen molar-refractivity contribution < 1.29 is 10.2 Å². The Morgan fingerprint density at radius 2 is 2.07 bits per heavy atom. The van der Waals surface area contributed by atoms with Gasteiger partial charge in [-0.1, -0.05) is 0 Å². The highest BCUT2D eigenvalue weighted by molar-refractivity contribution is 4.82. The summed E-state index contributed by atoms with van der Waals surface area (Å²) in [6.07, 6.45) is 3.18. The molecule has 1 aliphatic heterocycles. The Bertz CT molecular complexity index is 167. The molecule has 4 nitrogen and oxygen atoms in total. The van der Waals surface area contributed by atoms with Gasteiger partial charge in [0, 0.05) is 32.3 Å². The predicted octanol–water partition coefficient (Wildman–Crippen LogP) is -0.339. The largest absolute Gasteiger partial charge is 0.396 e. The number of likely N-dealkylation sites (tertiary alicyclic amines) is 1. The number of nitrogens with one attached hydrogen (secondary N) is 1. The lowest BCUT2D eigenvalue weighted by Crippen LogP contribution is -2.49. The molecule has 2 unspecified atom stereocenters. The summed E-state index contributed by atoms with van der Waals surface area (Å²) in [6, 6.07) is 0.536. The van der Waals surface area contributed by atoms with Crippen LogP contribution in [-0.2, 0) is 0 Å². The molecule has 1 rings (SSSR count). The van der Waals surface area contributed by atoms with E-state index >= 15 is 0 Å². The van der Waals surface area contributed by atoms with Gasteiger partial charge >= 0.3 is 0 Å². The molecule has 4 heteroatoms. The van der Waals surface area contributed by atoms with Gasteiger partial charge in [0.05, 0.1) is 6.61 Å². The zero-order chi connectivity index (χ0) is 11.1. The number of hydrogen-bond acceptors (Lipinski definition) is 4. The topological polar surface area (TPSA) is 55.7 Å². The average molecular weight is 216 g/mol. The van der Waals surface area contributed by atoms with E-state index in [1.807, 2.05) is 7.05 Å². The molecule has 2 atom stereocenters. The summed E-state index contributed by atoms with van der Waals surface area (Å²) >= 11 is 0. The number of rotatable bonds is 6.